The third kappa shape index (κ3) is 1.14. The molecule has 1 aliphatic heterocycles. The standard InChI is InChI=1S/C13H13NO/c1-9-6-7-11-8-10-4-2-3-5-12(10)13(15)14(9)11/h2-5,8-9H,6-7H2,1H3/t9-/m1/s1. The topological polar surface area (TPSA) is 22.0 Å². The van der Waals surface area contributed by atoms with Crippen molar-refractivity contribution < 1.29 is 0 Å². The zero-order valence-electron chi connectivity index (χ0n) is 8.73. The van der Waals surface area contributed by atoms with Crippen LogP contribution in [0.1, 0.15) is 25.1 Å². The van der Waals surface area contributed by atoms with E-state index in [-0.39, 0.29) is 5.56 Å². The highest BCUT2D eigenvalue weighted by Crippen LogP contribution is 2.25. The van der Waals surface area contributed by atoms with E-state index in [1.165, 1.54) is 5.69 Å². The van der Waals surface area contributed by atoms with E-state index in [2.05, 4.69) is 13.0 Å². The van der Waals surface area contributed by atoms with Gasteiger partial charge in [0, 0.05) is 17.1 Å². The minimum Gasteiger partial charge on any atom is -0.309 e. The molecule has 0 spiro atoms. The zero-order valence-corrected chi connectivity index (χ0v) is 8.73. The second-order valence-corrected chi connectivity index (χ2v) is 4.29. The molecule has 76 valence electrons. The number of hydrogen-bond donors (Lipinski definition) is 0. The van der Waals surface area contributed by atoms with Crippen LogP contribution in [0.3, 0.4) is 0 Å². The minimum absolute atomic E-state index is 0.174. The first kappa shape index (κ1) is 8.72. The average molecular weight is 199 g/mol. The van der Waals surface area contributed by atoms with Gasteiger partial charge in [-0.2, -0.15) is 0 Å². The summed E-state index contributed by atoms with van der Waals surface area (Å²) in [4.78, 5) is 12.2. The van der Waals surface area contributed by atoms with Crippen LogP contribution in [0.5, 0.6) is 0 Å². The molecule has 1 aliphatic rings. The van der Waals surface area contributed by atoms with Crippen molar-refractivity contribution in [1.29, 1.82) is 0 Å². The summed E-state index contributed by atoms with van der Waals surface area (Å²) >= 11 is 0. The number of benzene rings is 1. The molecule has 0 fully saturated rings. The van der Waals surface area contributed by atoms with Crippen molar-refractivity contribution in [2.24, 2.45) is 0 Å². The molecule has 1 aromatic carbocycles. The molecule has 1 atom stereocenters. The number of nitrogens with zero attached hydrogens (tertiary/aromatic N) is 1. The fourth-order valence-corrected chi connectivity index (χ4v) is 2.49. The molecule has 0 aliphatic carbocycles. The van der Waals surface area contributed by atoms with Gasteiger partial charge in [0.1, 0.15) is 0 Å². The summed E-state index contributed by atoms with van der Waals surface area (Å²) in [5.74, 6) is 0. The molecule has 0 saturated carbocycles. The fraction of sp³-hybridized carbons (Fsp3) is 0.308. The first-order chi connectivity index (χ1) is 7.27. The van der Waals surface area contributed by atoms with Crippen molar-refractivity contribution in [3.63, 3.8) is 0 Å². The first-order valence-electron chi connectivity index (χ1n) is 5.40. The van der Waals surface area contributed by atoms with Crippen molar-refractivity contribution in [3.8, 4) is 0 Å². The molecule has 2 heterocycles. The summed E-state index contributed by atoms with van der Waals surface area (Å²) in [6, 6.07) is 10.3. The Hall–Kier alpha value is -1.57. The molecule has 0 N–H and O–H groups in total. The Morgan fingerprint density at radius 2 is 2.13 bits per heavy atom. The van der Waals surface area contributed by atoms with Gasteiger partial charge in [0.05, 0.1) is 0 Å². The average Bonchev–Trinajstić information content (AvgIpc) is 2.61. The predicted molar refractivity (Wildman–Crippen MR) is 61.2 cm³/mol. The van der Waals surface area contributed by atoms with Crippen LogP contribution in [0.4, 0.5) is 0 Å². The lowest BCUT2D eigenvalue weighted by Gasteiger charge is -2.10. The summed E-state index contributed by atoms with van der Waals surface area (Å²) < 4.78 is 1.95. The molecular formula is C13H13NO. The molecule has 0 radical (unpaired) electrons. The third-order valence-corrected chi connectivity index (χ3v) is 3.30. The van der Waals surface area contributed by atoms with Crippen LogP contribution in [0, 0.1) is 0 Å². The molecule has 0 amide bonds. The number of hydrogen-bond acceptors (Lipinski definition) is 1. The van der Waals surface area contributed by atoms with Gasteiger partial charge in [-0.25, -0.2) is 0 Å². The normalized spacial score (nSPS) is 19.4. The maximum atomic E-state index is 12.2. The van der Waals surface area contributed by atoms with E-state index in [4.69, 9.17) is 0 Å². The van der Waals surface area contributed by atoms with Crippen molar-refractivity contribution >= 4 is 10.8 Å². The second-order valence-electron chi connectivity index (χ2n) is 4.29. The lowest BCUT2D eigenvalue weighted by Crippen LogP contribution is -2.21. The maximum Gasteiger partial charge on any atom is 0.258 e. The molecule has 15 heavy (non-hydrogen) atoms. The number of aryl methyl sites for hydroxylation is 1. The van der Waals surface area contributed by atoms with Crippen molar-refractivity contribution in [3.05, 3.63) is 46.4 Å². The number of aromatic nitrogens is 1. The second kappa shape index (κ2) is 2.96. The van der Waals surface area contributed by atoms with Gasteiger partial charge < -0.3 is 4.57 Å². The van der Waals surface area contributed by atoms with Gasteiger partial charge in [-0.15, -0.1) is 0 Å². The van der Waals surface area contributed by atoms with Crippen molar-refractivity contribution in [1.82, 2.24) is 4.57 Å². The van der Waals surface area contributed by atoms with E-state index in [9.17, 15) is 4.79 Å². The van der Waals surface area contributed by atoms with Gasteiger partial charge in [-0.1, -0.05) is 18.2 Å². The van der Waals surface area contributed by atoms with E-state index < -0.39 is 0 Å². The lowest BCUT2D eigenvalue weighted by atomic mass is 10.1. The van der Waals surface area contributed by atoms with E-state index in [0.717, 1.165) is 23.6 Å². The Bertz CT molecular complexity index is 583. The Balaban J connectivity index is 2.47. The molecule has 1 aromatic heterocycles. The Morgan fingerprint density at radius 3 is 3.00 bits per heavy atom. The van der Waals surface area contributed by atoms with E-state index >= 15 is 0 Å². The van der Waals surface area contributed by atoms with Crippen LogP contribution in [0.2, 0.25) is 0 Å². The first-order valence-corrected chi connectivity index (χ1v) is 5.40. The summed E-state index contributed by atoms with van der Waals surface area (Å²) in [6.45, 7) is 2.12. The summed E-state index contributed by atoms with van der Waals surface area (Å²) in [7, 11) is 0. The number of rotatable bonds is 0. The summed E-state index contributed by atoms with van der Waals surface area (Å²) in [5, 5.41) is 1.91. The molecular weight excluding hydrogens is 186 g/mol. The molecule has 2 heteroatoms. The van der Waals surface area contributed by atoms with E-state index in [1.807, 2.05) is 28.8 Å². The number of fused-ring (bicyclic) bond motifs is 2. The Labute approximate surface area is 88.2 Å². The van der Waals surface area contributed by atoms with Crippen LogP contribution in [0.15, 0.2) is 35.1 Å². The summed E-state index contributed by atoms with van der Waals surface area (Å²) in [6.07, 6.45) is 2.12. The molecule has 0 bridgehead atoms. The van der Waals surface area contributed by atoms with Crippen molar-refractivity contribution in [2.45, 2.75) is 25.8 Å². The van der Waals surface area contributed by atoms with Crippen LogP contribution in [-0.2, 0) is 6.42 Å². The van der Waals surface area contributed by atoms with Crippen LogP contribution in [-0.4, -0.2) is 4.57 Å². The van der Waals surface area contributed by atoms with Gasteiger partial charge in [0.15, 0.2) is 0 Å². The van der Waals surface area contributed by atoms with Crippen LogP contribution < -0.4 is 5.56 Å². The SMILES string of the molecule is C[C@@H]1CCc2cc3ccccc3c(=O)n21. The van der Waals surface area contributed by atoms with Gasteiger partial charge in [0.25, 0.3) is 5.56 Å². The maximum absolute atomic E-state index is 12.2. The largest absolute Gasteiger partial charge is 0.309 e. The monoisotopic (exact) mass is 199 g/mol. The lowest BCUT2D eigenvalue weighted by molar-refractivity contribution is 0.566. The zero-order chi connectivity index (χ0) is 10.4. The van der Waals surface area contributed by atoms with Crippen LogP contribution >= 0.6 is 0 Å². The molecule has 3 rings (SSSR count). The highest BCUT2D eigenvalue weighted by atomic mass is 16.1. The highest BCUT2D eigenvalue weighted by Gasteiger charge is 2.20. The quantitative estimate of drug-likeness (QED) is 0.639. The van der Waals surface area contributed by atoms with Gasteiger partial charge >= 0.3 is 0 Å². The highest BCUT2D eigenvalue weighted by molar-refractivity contribution is 5.82. The number of pyridine rings is 1. The van der Waals surface area contributed by atoms with Gasteiger partial charge in [-0.3, -0.25) is 4.79 Å². The van der Waals surface area contributed by atoms with Crippen LogP contribution in [0.25, 0.3) is 10.8 Å². The van der Waals surface area contributed by atoms with Crippen molar-refractivity contribution in [2.75, 3.05) is 0 Å². The molecule has 2 nitrogen and oxygen atoms in total. The minimum atomic E-state index is 0.174. The fourth-order valence-electron chi connectivity index (χ4n) is 2.49. The van der Waals surface area contributed by atoms with E-state index in [0.29, 0.717) is 6.04 Å². The molecule has 2 aromatic rings. The van der Waals surface area contributed by atoms with E-state index in [1.54, 1.807) is 0 Å². The van der Waals surface area contributed by atoms with Gasteiger partial charge in [0.2, 0.25) is 0 Å². The smallest absolute Gasteiger partial charge is 0.258 e. The Kier molecular flexibility index (Phi) is 1.72. The Morgan fingerprint density at radius 1 is 1.33 bits per heavy atom. The van der Waals surface area contributed by atoms with Gasteiger partial charge in [-0.05, 0) is 37.3 Å². The summed E-state index contributed by atoms with van der Waals surface area (Å²) in [5.41, 5.74) is 1.36. The predicted octanol–water partition coefficient (Wildman–Crippen LogP) is 2.51. The third-order valence-electron chi connectivity index (χ3n) is 3.30. The molecule has 0 unspecified atom stereocenters. The molecule has 0 saturated heterocycles.